The molecule has 10 heteroatoms. The monoisotopic (exact) mass is 467 g/mol. The molecule has 0 spiro atoms. The number of rotatable bonds is 11. The number of hydrogen-bond donors (Lipinski definition) is 6. The zero-order valence-electron chi connectivity index (χ0n) is 19.4. The number of guanidine groups is 1. The van der Waals surface area contributed by atoms with Crippen LogP contribution in [0.3, 0.4) is 0 Å². The molecule has 0 aromatic heterocycles. The number of carbonyl (C=O) groups is 2. The number of benzene rings is 2. The van der Waals surface area contributed by atoms with E-state index in [0.29, 0.717) is 38.8 Å². The van der Waals surface area contributed by atoms with Crippen LogP contribution in [-0.4, -0.2) is 54.0 Å². The molecule has 0 heterocycles. The molecular formula is C24H34BN5O4. The number of nitrogens with one attached hydrogen (secondary N) is 2. The van der Waals surface area contributed by atoms with Gasteiger partial charge in [-0.15, -0.1) is 0 Å². The van der Waals surface area contributed by atoms with Crippen molar-refractivity contribution in [3.8, 4) is 0 Å². The summed E-state index contributed by atoms with van der Waals surface area (Å²) in [7, 11) is -1.75. The maximum absolute atomic E-state index is 13.2. The topological polar surface area (TPSA) is 163 Å². The standard InChI is InChI=1S/C24H34BN5O4/c26-23(27)29-14-5-8-20(25(33)34)30-22(32)24(12-3-4-13-24)21(31)28-15-11-17-9-10-18-6-1-2-7-19(18)16-17/h1-2,6-7,9-10,16,20,33-34H,3-5,8,11-15H2,(H,28,31)(H,30,32)(H4,26,27,29)/t20-/m0/s1. The fourth-order valence-corrected chi connectivity index (χ4v) is 4.54. The van der Waals surface area contributed by atoms with Crippen LogP contribution < -0.4 is 22.1 Å². The van der Waals surface area contributed by atoms with Crippen molar-refractivity contribution in [2.75, 3.05) is 13.1 Å². The van der Waals surface area contributed by atoms with E-state index in [1.54, 1.807) is 0 Å². The summed E-state index contributed by atoms with van der Waals surface area (Å²) in [6.45, 7) is 0.721. The van der Waals surface area contributed by atoms with Crippen molar-refractivity contribution in [3.63, 3.8) is 0 Å². The second-order valence-electron chi connectivity index (χ2n) is 8.92. The molecule has 1 atom stereocenters. The molecule has 2 aromatic carbocycles. The summed E-state index contributed by atoms with van der Waals surface area (Å²) in [5, 5.41) is 27.4. The molecule has 1 fully saturated rings. The Morgan fingerprint density at radius 3 is 2.44 bits per heavy atom. The first kappa shape index (κ1) is 25.5. The molecule has 1 aliphatic carbocycles. The zero-order valence-corrected chi connectivity index (χ0v) is 19.4. The third-order valence-corrected chi connectivity index (χ3v) is 6.48. The predicted molar refractivity (Wildman–Crippen MR) is 134 cm³/mol. The van der Waals surface area contributed by atoms with Gasteiger partial charge in [0.05, 0.1) is 5.94 Å². The van der Waals surface area contributed by atoms with Crippen LogP contribution in [0.25, 0.3) is 10.8 Å². The summed E-state index contributed by atoms with van der Waals surface area (Å²) in [6.07, 6.45) is 3.76. The van der Waals surface area contributed by atoms with Crippen molar-refractivity contribution in [2.45, 2.75) is 50.9 Å². The lowest BCUT2D eigenvalue weighted by Crippen LogP contribution is -2.56. The van der Waals surface area contributed by atoms with Crippen molar-refractivity contribution in [3.05, 3.63) is 48.0 Å². The normalized spacial score (nSPS) is 15.5. The number of fused-ring (bicyclic) bond motifs is 1. The van der Waals surface area contributed by atoms with Crippen LogP contribution >= 0.6 is 0 Å². The van der Waals surface area contributed by atoms with Gasteiger partial charge in [-0.1, -0.05) is 55.3 Å². The summed E-state index contributed by atoms with van der Waals surface area (Å²) in [5.74, 6) is -1.73. The Morgan fingerprint density at radius 1 is 1.06 bits per heavy atom. The maximum Gasteiger partial charge on any atom is 0.475 e. The van der Waals surface area contributed by atoms with Gasteiger partial charge in [-0.25, -0.2) is 0 Å². The second-order valence-corrected chi connectivity index (χ2v) is 8.92. The molecule has 3 rings (SSSR count). The highest BCUT2D eigenvalue weighted by Crippen LogP contribution is 2.39. The Bertz CT molecular complexity index is 1020. The molecule has 0 bridgehead atoms. The smallest absolute Gasteiger partial charge is 0.426 e. The molecule has 1 saturated carbocycles. The first-order valence-electron chi connectivity index (χ1n) is 11.8. The Hall–Kier alpha value is -3.11. The Kier molecular flexibility index (Phi) is 8.89. The van der Waals surface area contributed by atoms with Gasteiger partial charge < -0.3 is 32.1 Å². The highest BCUT2D eigenvalue weighted by atomic mass is 16.4. The molecule has 9 nitrogen and oxygen atoms in total. The average Bonchev–Trinajstić information content (AvgIpc) is 3.32. The van der Waals surface area contributed by atoms with E-state index in [0.717, 1.165) is 29.2 Å². The highest BCUT2D eigenvalue weighted by Gasteiger charge is 2.48. The molecule has 0 unspecified atom stereocenters. The van der Waals surface area contributed by atoms with Gasteiger partial charge in [-0.2, -0.15) is 0 Å². The number of nitrogens with two attached hydrogens (primary N) is 2. The van der Waals surface area contributed by atoms with Gasteiger partial charge in [0.15, 0.2) is 5.96 Å². The van der Waals surface area contributed by atoms with Crippen molar-refractivity contribution >= 4 is 35.7 Å². The van der Waals surface area contributed by atoms with E-state index in [1.165, 1.54) is 0 Å². The van der Waals surface area contributed by atoms with E-state index in [4.69, 9.17) is 11.5 Å². The molecule has 0 saturated heterocycles. The SMILES string of the molecule is NC(N)=NCCC[C@H](NC(=O)C1(C(=O)NCCc2ccc3ccccc3c2)CCCC1)B(O)O. The van der Waals surface area contributed by atoms with Crippen molar-refractivity contribution < 1.29 is 19.6 Å². The minimum atomic E-state index is -1.75. The maximum atomic E-state index is 13.2. The lowest BCUT2D eigenvalue weighted by molar-refractivity contribution is -0.143. The van der Waals surface area contributed by atoms with E-state index < -0.39 is 24.4 Å². The summed E-state index contributed by atoms with van der Waals surface area (Å²) < 4.78 is 0. The molecule has 0 aliphatic heterocycles. The number of amides is 2. The van der Waals surface area contributed by atoms with Crippen LogP contribution in [0.1, 0.15) is 44.1 Å². The number of hydrogen-bond acceptors (Lipinski definition) is 5. The summed E-state index contributed by atoms with van der Waals surface area (Å²) in [5.41, 5.74) is 10.5. The van der Waals surface area contributed by atoms with Crippen LogP contribution in [0, 0.1) is 5.41 Å². The predicted octanol–water partition coefficient (Wildman–Crippen LogP) is 0.609. The van der Waals surface area contributed by atoms with Crippen LogP contribution in [0.4, 0.5) is 0 Å². The first-order chi connectivity index (χ1) is 16.3. The molecule has 0 radical (unpaired) electrons. The van der Waals surface area contributed by atoms with Crippen molar-refractivity contribution in [1.82, 2.24) is 10.6 Å². The highest BCUT2D eigenvalue weighted by molar-refractivity contribution is 6.43. The molecule has 1 aliphatic rings. The van der Waals surface area contributed by atoms with Gasteiger partial charge in [0, 0.05) is 13.1 Å². The average molecular weight is 467 g/mol. The first-order valence-corrected chi connectivity index (χ1v) is 11.8. The van der Waals surface area contributed by atoms with E-state index in [9.17, 15) is 19.6 Å². The summed E-state index contributed by atoms with van der Waals surface area (Å²) >= 11 is 0. The number of nitrogens with zero attached hydrogens (tertiary/aromatic N) is 1. The summed E-state index contributed by atoms with van der Waals surface area (Å²) in [4.78, 5) is 30.2. The minimum absolute atomic E-state index is 0.0459. The fourth-order valence-electron chi connectivity index (χ4n) is 4.54. The molecular weight excluding hydrogens is 433 g/mol. The van der Waals surface area contributed by atoms with E-state index in [-0.39, 0.29) is 18.3 Å². The zero-order chi connectivity index (χ0) is 24.6. The lowest BCUT2D eigenvalue weighted by Gasteiger charge is -2.29. The molecule has 8 N–H and O–H groups in total. The van der Waals surface area contributed by atoms with Crippen LogP contribution in [-0.2, 0) is 16.0 Å². The Morgan fingerprint density at radius 2 is 1.76 bits per heavy atom. The van der Waals surface area contributed by atoms with Gasteiger partial charge in [0.1, 0.15) is 5.41 Å². The Balaban J connectivity index is 1.58. The van der Waals surface area contributed by atoms with Gasteiger partial charge >= 0.3 is 7.12 Å². The third kappa shape index (κ3) is 6.48. The van der Waals surface area contributed by atoms with Gasteiger partial charge in [-0.3, -0.25) is 14.6 Å². The largest absolute Gasteiger partial charge is 0.475 e. The van der Waals surface area contributed by atoms with Crippen LogP contribution in [0.15, 0.2) is 47.5 Å². The quantitative estimate of drug-likeness (QED) is 0.0932. The lowest BCUT2D eigenvalue weighted by atomic mass is 9.75. The second kappa shape index (κ2) is 11.8. The summed E-state index contributed by atoms with van der Waals surface area (Å²) in [6, 6.07) is 14.3. The van der Waals surface area contributed by atoms with E-state index >= 15 is 0 Å². The van der Waals surface area contributed by atoms with Crippen LogP contribution in [0.2, 0.25) is 0 Å². The van der Waals surface area contributed by atoms with Crippen molar-refractivity contribution in [2.24, 2.45) is 21.9 Å². The molecule has 2 aromatic rings. The Labute approximate surface area is 200 Å². The molecule has 182 valence electrons. The minimum Gasteiger partial charge on any atom is -0.426 e. The fraction of sp³-hybridized carbons (Fsp3) is 0.458. The number of carbonyl (C=O) groups excluding carboxylic acids is 2. The third-order valence-electron chi connectivity index (χ3n) is 6.48. The molecule has 34 heavy (non-hydrogen) atoms. The van der Waals surface area contributed by atoms with E-state index in [1.807, 2.05) is 18.2 Å². The van der Waals surface area contributed by atoms with Gasteiger partial charge in [-0.05, 0) is 48.4 Å². The molecule has 2 amide bonds. The van der Waals surface area contributed by atoms with Gasteiger partial charge in [0.2, 0.25) is 11.8 Å². The van der Waals surface area contributed by atoms with Crippen molar-refractivity contribution in [1.29, 1.82) is 0 Å². The van der Waals surface area contributed by atoms with Crippen LogP contribution in [0.5, 0.6) is 0 Å². The van der Waals surface area contributed by atoms with E-state index in [2.05, 4.69) is 39.9 Å². The number of aliphatic imine (C=N–C) groups is 1. The van der Waals surface area contributed by atoms with Gasteiger partial charge in [0.25, 0.3) is 0 Å².